The zero-order chi connectivity index (χ0) is 24.1. The maximum absolute atomic E-state index is 12.5. The van der Waals surface area contributed by atoms with Gasteiger partial charge in [0, 0.05) is 42.4 Å². The first-order valence-electron chi connectivity index (χ1n) is 10.7. The average Bonchev–Trinajstić information content (AvgIpc) is 3.42. The van der Waals surface area contributed by atoms with Crippen LogP contribution in [0.25, 0.3) is 10.6 Å². The number of nitrogens with zero attached hydrogens (tertiary/aromatic N) is 4. The van der Waals surface area contributed by atoms with Crippen molar-refractivity contribution < 1.29 is 19.3 Å². The summed E-state index contributed by atoms with van der Waals surface area (Å²) >= 11 is 1.50. The molecule has 34 heavy (non-hydrogen) atoms. The third kappa shape index (κ3) is 4.99. The van der Waals surface area contributed by atoms with Crippen molar-refractivity contribution in [2.45, 2.75) is 32.2 Å². The number of nitrogens with one attached hydrogen (secondary N) is 1. The Morgan fingerprint density at radius 1 is 1.09 bits per heavy atom. The Morgan fingerprint density at radius 2 is 1.88 bits per heavy atom. The largest absolute Gasteiger partial charge is 0.350 e. The van der Waals surface area contributed by atoms with E-state index in [1.807, 2.05) is 17.5 Å². The highest BCUT2D eigenvalue weighted by Crippen LogP contribution is 2.31. The molecule has 0 unspecified atom stereocenters. The Balaban J connectivity index is 1.18. The summed E-state index contributed by atoms with van der Waals surface area (Å²) in [6, 6.07) is 7.80. The lowest BCUT2D eigenvalue weighted by Crippen LogP contribution is -2.30. The average molecular weight is 480 g/mol. The summed E-state index contributed by atoms with van der Waals surface area (Å²) < 4.78 is 0. The molecule has 0 saturated carbocycles. The summed E-state index contributed by atoms with van der Waals surface area (Å²) in [6.45, 7) is 0.496. The molecule has 174 valence electrons. The van der Waals surface area contributed by atoms with Gasteiger partial charge in [-0.25, -0.2) is 4.98 Å². The molecule has 3 heterocycles. The Morgan fingerprint density at radius 3 is 2.65 bits per heavy atom. The summed E-state index contributed by atoms with van der Waals surface area (Å²) in [5, 5.41) is 16.8. The van der Waals surface area contributed by atoms with E-state index in [1.54, 1.807) is 12.4 Å². The molecule has 1 N–H and O–H groups in total. The number of nitro benzene ring substituents is 1. The van der Waals surface area contributed by atoms with Gasteiger partial charge in [0.25, 0.3) is 17.5 Å². The first kappa shape index (κ1) is 23.2. The third-order valence-electron chi connectivity index (χ3n) is 5.40. The van der Waals surface area contributed by atoms with E-state index in [-0.39, 0.29) is 29.3 Å². The number of aromatic nitrogens is 2. The van der Waals surface area contributed by atoms with Gasteiger partial charge in [-0.15, -0.1) is 11.3 Å². The Hall–Kier alpha value is -3.99. The van der Waals surface area contributed by atoms with Crippen LogP contribution >= 0.6 is 11.3 Å². The van der Waals surface area contributed by atoms with Crippen LogP contribution in [-0.2, 0) is 11.3 Å². The van der Waals surface area contributed by atoms with Gasteiger partial charge in [0.15, 0.2) is 0 Å². The molecule has 3 amide bonds. The van der Waals surface area contributed by atoms with Crippen LogP contribution in [0, 0.1) is 10.1 Å². The molecule has 0 atom stereocenters. The second kappa shape index (κ2) is 10.3. The highest BCUT2D eigenvalue weighted by Gasteiger charge is 2.40. The standard InChI is InChI=1S/C23H21N5O5S/c29-19(25-13-16-14-34-21(26-16)15-8-10-24-11-9-15)7-2-1-3-12-27-22(30)17-5-4-6-18(28(32)33)20(17)23(27)31/h4-6,8-11,14H,1-3,7,12-13H2,(H,25,29). The minimum atomic E-state index is -0.655. The number of imide groups is 1. The van der Waals surface area contributed by atoms with Crippen LogP contribution in [0.4, 0.5) is 5.69 Å². The van der Waals surface area contributed by atoms with Crippen LogP contribution in [0.2, 0.25) is 0 Å². The molecule has 1 aliphatic heterocycles. The molecule has 3 aromatic rings. The van der Waals surface area contributed by atoms with Crippen molar-refractivity contribution in [3.63, 3.8) is 0 Å². The van der Waals surface area contributed by atoms with Gasteiger partial charge in [0.2, 0.25) is 5.91 Å². The fraction of sp³-hybridized carbons (Fsp3) is 0.261. The normalized spacial score (nSPS) is 12.6. The van der Waals surface area contributed by atoms with Gasteiger partial charge in [0.1, 0.15) is 10.6 Å². The highest BCUT2D eigenvalue weighted by atomic mass is 32.1. The maximum atomic E-state index is 12.5. The van der Waals surface area contributed by atoms with Crippen LogP contribution in [0.5, 0.6) is 0 Å². The maximum Gasteiger partial charge on any atom is 0.282 e. The molecule has 0 fully saturated rings. The number of carbonyl (C=O) groups is 3. The number of fused-ring (bicyclic) bond motifs is 1. The molecule has 2 aromatic heterocycles. The van der Waals surface area contributed by atoms with E-state index in [1.165, 1.54) is 29.5 Å². The number of benzene rings is 1. The molecule has 0 saturated heterocycles. The molecule has 0 radical (unpaired) electrons. The number of unbranched alkanes of at least 4 members (excludes halogenated alkanes) is 2. The SMILES string of the molecule is O=C(CCCCCN1C(=O)c2cccc([N+](=O)[O-])c2C1=O)NCc1csc(-c2ccncc2)n1. The van der Waals surface area contributed by atoms with Gasteiger partial charge >= 0.3 is 0 Å². The number of carbonyl (C=O) groups excluding carboxylic acids is 3. The molecule has 4 rings (SSSR count). The van der Waals surface area contributed by atoms with Crippen LogP contribution in [0.1, 0.15) is 52.1 Å². The fourth-order valence-corrected chi connectivity index (χ4v) is 4.52. The van der Waals surface area contributed by atoms with E-state index in [9.17, 15) is 24.5 Å². The summed E-state index contributed by atoms with van der Waals surface area (Å²) in [4.78, 5) is 57.2. The number of amides is 3. The summed E-state index contributed by atoms with van der Waals surface area (Å²) in [7, 11) is 0. The van der Waals surface area contributed by atoms with Gasteiger partial charge < -0.3 is 5.32 Å². The Labute approximate surface area is 198 Å². The topological polar surface area (TPSA) is 135 Å². The summed E-state index contributed by atoms with van der Waals surface area (Å²) in [5.74, 6) is -1.26. The molecule has 1 aliphatic rings. The van der Waals surface area contributed by atoms with E-state index in [4.69, 9.17) is 0 Å². The van der Waals surface area contributed by atoms with Gasteiger partial charge in [0.05, 0.1) is 22.7 Å². The van der Waals surface area contributed by atoms with Gasteiger partial charge in [-0.3, -0.25) is 34.4 Å². The van der Waals surface area contributed by atoms with Gasteiger partial charge in [-0.05, 0) is 31.0 Å². The van der Waals surface area contributed by atoms with E-state index < -0.39 is 16.7 Å². The highest BCUT2D eigenvalue weighted by molar-refractivity contribution is 7.13. The number of hydrogen-bond donors (Lipinski definition) is 1. The van der Waals surface area contributed by atoms with Crippen LogP contribution < -0.4 is 5.32 Å². The van der Waals surface area contributed by atoms with Crippen LogP contribution in [0.3, 0.4) is 0 Å². The Kier molecular flexibility index (Phi) is 7.02. The lowest BCUT2D eigenvalue weighted by Gasteiger charge is -2.13. The predicted molar refractivity (Wildman–Crippen MR) is 124 cm³/mol. The summed E-state index contributed by atoms with van der Waals surface area (Å²) in [6.07, 6.45) is 5.45. The fourth-order valence-electron chi connectivity index (χ4n) is 3.70. The lowest BCUT2D eigenvalue weighted by atomic mass is 10.1. The van der Waals surface area contributed by atoms with E-state index in [0.29, 0.717) is 32.2 Å². The number of rotatable bonds is 10. The van der Waals surface area contributed by atoms with E-state index in [0.717, 1.165) is 21.2 Å². The molecule has 11 heteroatoms. The second-order valence-corrected chi connectivity index (χ2v) is 8.54. The molecule has 0 aliphatic carbocycles. The van der Waals surface area contributed by atoms with Crippen molar-refractivity contribution in [3.8, 4) is 10.6 Å². The van der Waals surface area contributed by atoms with Crippen molar-refractivity contribution in [1.82, 2.24) is 20.2 Å². The lowest BCUT2D eigenvalue weighted by molar-refractivity contribution is -0.385. The number of nitro groups is 1. The molecule has 0 spiro atoms. The predicted octanol–water partition coefficient (Wildman–Crippen LogP) is 3.59. The van der Waals surface area contributed by atoms with Crippen molar-refractivity contribution in [2.24, 2.45) is 0 Å². The van der Waals surface area contributed by atoms with Crippen molar-refractivity contribution in [3.05, 3.63) is 75.0 Å². The van der Waals surface area contributed by atoms with E-state index >= 15 is 0 Å². The second-order valence-electron chi connectivity index (χ2n) is 7.69. The van der Waals surface area contributed by atoms with E-state index in [2.05, 4.69) is 15.3 Å². The monoisotopic (exact) mass is 479 g/mol. The zero-order valence-corrected chi connectivity index (χ0v) is 18.9. The molecular weight excluding hydrogens is 458 g/mol. The van der Waals surface area contributed by atoms with Gasteiger partial charge in [-0.2, -0.15) is 0 Å². The first-order valence-corrected chi connectivity index (χ1v) is 11.6. The zero-order valence-electron chi connectivity index (χ0n) is 18.1. The smallest absolute Gasteiger partial charge is 0.282 e. The number of hydrogen-bond acceptors (Lipinski definition) is 8. The quantitative estimate of drug-likeness (QED) is 0.203. The molecular formula is C23H21N5O5S. The van der Waals surface area contributed by atoms with Gasteiger partial charge in [-0.1, -0.05) is 12.5 Å². The third-order valence-corrected chi connectivity index (χ3v) is 6.35. The molecule has 1 aromatic carbocycles. The first-order chi connectivity index (χ1) is 16.5. The number of thiazole rings is 1. The van der Waals surface area contributed by atoms with Crippen molar-refractivity contribution in [2.75, 3.05) is 6.54 Å². The van der Waals surface area contributed by atoms with Crippen LogP contribution in [-0.4, -0.2) is 44.1 Å². The number of pyridine rings is 1. The minimum absolute atomic E-state index is 0.0627. The van der Waals surface area contributed by atoms with Crippen molar-refractivity contribution in [1.29, 1.82) is 0 Å². The van der Waals surface area contributed by atoms with Crippen LogP contribution in [0.15, 0.2) is 48.1 Å². The molecule has 0 bridgehead atoms. The van der Waals surface area contributed by atoms with Crippen molar-refractivity contribution >= 4 is 34.7 Å². The summed E-state index contributed by atoms with van der Waals surface area (Å²) in [5.41, 5.74) is 1.32. The molecule has 10 nitrogen and oxygen atoms in total. The Bertz CT molecular complexity index is 1240. The minimum Gasteiger partial charge on any atom is -0.350 e.